The molecule has 8 heteroatoms. The average Bonchev–Trinajstić information content (AvgIpc) is 2.64. The summed E-state index contributed by atoms with van der Waals surface area (Å²) in [5.74, 6) is -1.39. The third kappa shape index (κ3) is 9.23. The van der Waals surface area contributed by atoms with Gasteiger partial charge in [0.15, 0.2) is 0 Å². The molecule has 5 N–H and O–H groups in total. The molecule has 2 rings (SSSR count). The van der Waals surface area contributed by atoms with Crippen molar-refractivity contribution in [3.8, 4) is 0 Å². The van der Waals surface area contributed by atoms with Crippen molar-refractivity contribution in [2.75, 3.05) is 10.6 Å². The lowest BCUT2D eigenvalue weighted by Gasteiger charge is -2.14. The van der Waals surface area contributed by atoms with Gasteiger partial charge in [0.1, 0.15) is 0 Å². The molecule has 0 spiro atoms. The van der Waals surface area contributed by atoms with Gasteiger partial charge < -0.3 is 21.5 Å². The van der Waals surface area contributed by atoms with E-state index in [2.05, 4.69) is 10.6 Å². The summed E-state index contributed by atoms with van der Waals surface area (Å²) in [5.41, 5.74) is 7.99. The maximum atomic E-state index is 12.2. The molecule has 29 heavy (non-hydrogen) atoms. The highest BCUT2D eigenvalue weighted by Gasteiger charge is 2.15. The van der Waals surface area contributed by atoms with Crippen LogP contribution >= 0.6 is 11.6 Å². The molecule has 0 bridgehead atoms. The molecular formula is C21H26ClN3O4. The van der Waals surface area contributed by atoms with Gasteiger partial charge in [-0.3, -0.25) is 14.4 Å². The molecule has 2 aromatic rings. The Kier molecular flexibility index (Phi) is 9.85. The van der Waals surface area contributed by atoms with Crippen LogP contribution in [0.3, 0.4) is 0 Å². The molecule has 0 saturated heterocycles. The Labute approximate surface area is 175 Å². The molecule has 2 aromatic carbocycles. The Morgan fingerprint density at radius 2 is 1.62 bits per heavy atom. The quantitative estimate of drug-likeness (QED) is 0.570. The molecule has 7 nitrogen and oxygen atoms in total. The number of carbonyl (C=O) groups excluding carboxylic acids is 2. The average molecular weight is 420 g/mol. The minimum atomic E-state index is -0.833. The number of hydrogen-bond donors (Lipinski definition) is 4. The van der Waals surface area contributed by atoms with Gasteiger partial charge in [0.05, 0.1) is 16.8 Å². The Bertz CT molecular complexity index is 837. The van der Waals surface area contributed by atoms with Gasteiger partial charge in [-0.15, -0.1) is 0 Å². The highest BCUT2D eigenvalue weighted by molar-refractivity contribution is 6.34. The number of nitrogens with one attached hydrogen (secondary N) is 2. The molecular weight excluding hydrogens is 394 g/mol. The first-order valence-electron chi connectivity index (χ1n) is 9.00. The Hall–Kier alpha value is -2.90. The first kappa shape index (κ1) is 24.1. The predicted molar refractivity (Wildman–Crippen MR) is 115 cm³/mol. The van der Waals surface area contributed by atoms with Gasteiger partial charge in [0.25, 0.3) is 5.97 Å². The van der Waals surface area contributed by atoms with Crippen LogP contribution in [0.4, 0.5) is 11.4 Å². The van der Waals surface area contributed by atoms with Gasteiger partial charge in [-0.05, 0) is 30.2 Å². The van der Waals surface area contributed by atoms with Gasteiger partial charge in [-0.1, -0.05) is 55.8 Å². The molecule has 0 fully saturated rings. The Balaban J connectivity index is 0.000000960. The molecule has 0 unspecified atom stereocenters. The summed E-state index contributed by atoms with van der Waals surface area (Å²) in [6.07, 6.45) is 0.447. The van der Waals surface area contributed by atoms with Crippen molar-refractivity contribution < 1.29 is 19.5 Å². The SMILES string of the molecule is CC(=O)O.CC(C)C(=O)Nc1ccc(NC(=O)[C@@H](N)Cc2ccccc2)cc1Cl. The maximum absolute atomic E-state index is 12.2. The molecule has 0 heterocycles. The minimum absolute atomic E-state index is 0.122. The fourth-order valence-corrected chi connectivity index (χ4v) is 2.39. The van der Waals surface area contributed by atoms with Crippen LogP contribution in [0.5, 0.6) is 0 Å². The van der Waals surface area contributed by atoms with E-state index in [0.29, 0.717) is 22.8 Å². The molecule has 0 radical (unpaired) electrons. The molecule has 0 aromatic heterocycles. The van der Waals surface area contributed by atoms with Crippen molar-refractivity contribution in [2.45, 2.75) is 33.2 Å². The highest BCUT2D eigenvalue weighted by Crippen LogP contribution is 2.26. The second-order valence-corrected chi connectivity index (χ2v) is 7.05. The van der Waals surface area contributed by atoms with Gasteiger partial charge in [0.2, 0.25) is 11.8 Å². The van der Waals surface area contributed by atoms with Gasteiger partial charge in [-0.2, -0.15) is 0 Å². The van der Waals surface area contributed by atoms with E-state index in [1.807, 2.05) is 30.3 Å². The summed E-state index contributed by atoms with van der Waals surface area (Å²) >= 11 is 6.17. The standard InChI is InChI=1S/C19H22ClN3O2.C2H4O2/c1-12(2)18(24)23-17-9-8-14(11-15(17)20)22-19(25)16(21)10-13-6-4-3-5-7-13;1-2(3)4/h3-9,11-12,16H,10,21H2,1-2H3,(H,22,25)(H,23,24);1H3,(H,3,4)/t16-;/m0./s1. The summed E-state index contributed by atoms with van der Waals surface area (Å²) < 4.78 is 0. The number of halogens is 1. The number of aliphatic carboxylic acids is 1. The monoisotopic (exact) mass is 419 g/mol. The van der Waals surface area contributed by atoms with E-state index in [-0.39, 0.29) is 17.7 Å². The number of rotatable bonds is 6. The van der Waals surface area contributed by atoms with Crippen molar-refractivity contribution >= 4 is 40.8 Å². The third-order valence-electron chi connectivity index (χ3n) is 3.65. The molecule has 156 valence electrons. The molecule has 1 atom stereocenters. The zero-order valence-corrected chi connectivity index (χ0v) is 17.4. The van der Waals surface area contributed by atoms with Crippen molar-refractivity contribution in [1.82, 2.24) is 0 Å². The van der Waals surface area contributed by atoms with E-state index in [9.17, 15) is 9.59 Å². The number of nitrogens with two attached hydrogens (primary N) is 1. The summed E-state index contributed by atoms with van der Waals surface area (Å²) in [4.78, 5) is 33.0. The Morgan fingerprint density at radius 1 is 1.03 bits per heavy atom. The number of carboxylic acid groups (broad SMARTS) is 1. The lowest BCUT2D eigenvalue weighted by molar-refractivity contribution is -0.134. The highest BCUT2D eigenvalue weighted by atomic mass is 35.5. The van der Waals surface area contributed by atoms with Crippen LogP contribution in [0.2, 0.25) is 5.02 Å². The smallest absolute Gasteiger partial charge is 0.300 e. The van der Waals surface area contributed by atoms with E-state index in [0.717, 1.165) is 12.5 Å². The second kappa shape index (κ2) is 11.8. The van der Waals surface area contributed by atoms with Crippen LogP contribution in [0, 0.1) is 5.92 Å². The number of amides is 2. The topological polar surface area (TPSA) is 122 Å². The number of benzene rings is 2. The number of anilines is 2. The summed E-state index contributed by atoms with van der Waals surface area (Å²) in [5, 5.41) is 13.2. The fraction of sp³-hybridized carbons (Fsp3) is 0.286. The van der Waals surface area contributed by atoms with Crippen LogP contribution < -0.4 is 16.4 Å². The van der Waals surface area contributed by atoms with Crippen LogP contribution in [-0.2, 0) is 20.8 Å². The van der Waals surface area contributed by atoms with E-state index in [1.165, 1.54) is 0 Å². The number of carbonyl (C=O) groups is 3. The van der Waals surface area contributed by atoms with E-state index >= 15 is 0 Å². The van der Waals surface area contributed by atoms with Gasteiger partial charge in [0, 0.05) is 18.5 Å². The first-order valence-corrected chi connectivity index (χ1v) is 9.38. The van der Waals surface area contributed by atoms with Crippen LogP contribution in [-0.4, -0.2) is 28.9 Å². The lowest BCUT2D eigenvalue weighted by Crippen LogP contribution is -2.37. The summed E-state index contributed by atoms with van der Waals surface area (Å²) in [6.45, 7) is 4.68. The molecule has 0 aliphatic carbocycles. The van der Waals surface area contributed by atoms with Crippen molar-refractivity contribution in [3.05, 3.63) is 59.1 Å². The van der Waals surface area contributed by atoms with E-state index < -0.39 is 12.0 Å². The van der Waals surface area contributed by atoms with Crippen molar-refractivity contribution in [1.29, 1.82) is 0 Å². The zero-order chi connectivity index (χ0) is 22.0. The van der Waals surface area contributed by atoms with Crippen molar-refractivity contribution in [3.63, 3.8) is 0 Å². The fourth-order valence-electron chi connectivity index (χ4n) is 2.17. The lowest BCUT2D eigenvalue weighted by atomic mass is 10.1. The first-order chi connectivity index (χ1) is 13.6. The van der Waals surface area contributed by atoms with Crippen LogP contribution in [0.25, 0.3) is 0 Å². The Morgan fingerprint density at radius 3 is 2.14 bits per heavy atom. The summed E-state index contributed by atoms with van der Waals surface area (Å²) in [6, 6.07) is 13.8. The normalized spacial score (nSPS) is 11.1. The van der Waals surface area contributed by atoms with E-state index in [1.54, 1.807) is 32.0 Å². The molecule has 2 amide bonds. The van der Waals surface area contributed by atoms with Gasteiger partial charge in [-0.25, -0.2) is 0 Å². The van der Waals surface area contributed by atoms with Crippen LogP contribution in [0.15, 0.2) is 48.5 Å². The molecule has 0 aliphatic heterocycles. The molecule has 0 aliphatic rings. The maximum Gasteiger partial charge on any atom is 0.300 e. The third-order valence-corrected chi connectivity index (χ3v) is 3.97. The summed E-state index contributed by atoms with van der Waals surface area (Å²) in [7, 11) is 0. The zero-order valence-electron chi connectivity index (χ0n) is 16.6. The van der Waals surface area contributed by atoms with E-state index in [4.69, 9.17) is 27.2 Å². The number of hydrogen-bond acceptors (Lipinski definition) is 4. The second-order valence-electron chi connectivity index (χ2n) is 6.64. The predicted octanol–water partition coefficient (Wildman–Crippen LogP) is 3.53. The van der Waals surface area contributed by atoms with Gasteiger partial charge >= 0.3 is 0 Å². The number of carboxylic acids is 1. The largest absolute Gasteiger partial charge is 0.481 e. The molecule has 0 saturated carbocycles. The van der Waals surface area contributed by atoms with Crippen molar-refractivity contribution in [2.24, 2.45) is 11.7 Å². The minimum Gasteiger partial charge on any atom is -0.481 e. The van der Waals surface area contributed by atoms with Crippen LogP contribution in [0.1, 0.15) is 26.3 Å².